The fraction of sp³-hybridized carbons (Fsp3) is 0.533. The molecule has 1 saturated heterocycles. The Balaban J connectivity index is 2.19. The zero-order valence-corrected chi connectivity index (χ0v) is 11.6. The Morgan fingerprint density at radius 1 is 1.42 bits per heavy atom. The molecule has 4 heteroatoms. The number of nitrogens with zero attached hydrogens (tertiary/aromatic N) is 2. The van der Waals surface area contributed by atoms with Crippen molar-refractivity contribution in [2.24, 2.45) is 0 Å². The zero-order valence-electron chi connectivity index (χ0n) is 11.6. The van der Waals surface area contributed by atoms with Crippen LogP contribution in [0.4, 0.5) is 5.69 Å². The summed E-state index contributed by atoms with van der Waals surface area (Å²) in [6.07, 6.45) is 1.64. The number of methoxy groups -OCH3 is 1. The average molecular weight is 259 g/mol. The molecule has 0 spiro atoms. The van der Waals surface area contributed by atoms with Gasteiger partial charge in [-0.15, -0.1) is 0 Å². The highest BCUT2D eigenvalue weighted by molar-refractivity contribution is 5.50. The monoisotopic (exact) mass is 259 g/mol. The highest BCUT2D eigenvalue weighted by atomic mass is 16.5. The van der Waals surface area contributed by atoms with Gasteiger partial charge in [0, 0.05) is 24.8 Å². The van der Waals surface area contributed by atoms with Gasteiger partial charge < -0.3 is 15.0 Å². The molecule has 19 heavy (non-hydrogen) atoms. The normalized spacial score (nSPS) is 23.5. The summed E-state index contributed by atoms with van der Waals surface area (Å²) in [4.78, 5) is 2.33. The summed E-state index contributed by atoms with van der Waals surface area (Å²) in [5.41, 5.74) is 1.16. The average Bonchev–Trinajstić information content (AvgIpc) is 2.62. The van der Waals surface area contributed by atoms with Crippen molar-refractivity contribution in [2.45, 2.75) is 31.8 Å². The first-order valence-electron chi connectivity index (χ1n) is 6.75. The summed E-state index contributed by atoms with van der Waals surface area (Å²) < 4.78 is 5.19. The third-order valence-corrected chi connectivity index (χ3v) is 3.68. The largest absolute Gasteiger partial charge is 0.497 e. The lowest BCUT2D eigenvalue weighted by Gasteiger charge is -2.30. The summed E-state index contributed by atoms with van der Waals surface area (Å²) in [7, 11) is 1.67. The van der Waals surface area contributed by atoms with E-state index in [1.54, 1.807) is 7.11 Å². The molecule has 0 aliphatic carbocycles. The molecule has 4 nitrogen and oxygen atoms in total. The highest BCUT2D eigenvalue weighted by Crippen LogP contribution is 2.23. The van der Waals surface area contributed by atoms with E-state index in [9.17, 15) is 0 Å². The Labute approximate surface area is 115 Å². The van der Waals surface area contributed by atoms with E-state index in [0.29, 0.717) is 12.5 Å². The third kappa shape index (κ3) is 3.39. The van der Waals surface area contributed by atoms with E-state index in [4.69, 9.17) is 10.00 Å². The lowest BCUT2D eigenvalue weighted by Crippen LogP contribution is -2.40. The molecule has 1 heterocycles. The predicted octanol–water partition coefficient (Wildman–Crippen LogP) is 2.17. The number of rotatable bonds is 3. The minimum absolute atomic E-state index is 0.239. The van der Waals surface area contributed by atoms with Crippen LogP contribution in [0, 0.1) is 11.3 Å². The van der Waals surface area contributed by atoms with Crippen molar-refractivity contribution in [3.8, 4) is 11.8 Å². The van der Waals surface area contributed by atoms with Gasteiger partial charge in [-0.2, -0.15) is 5.26 Å². The molecular formula is C15H21N3O. The summed E-state index contributed by atoms with van der Waals surface area (Å²) in [5.74, 6) is 0.863. The van der Waals surface area contributed by atoms with Crippen LogP contribution in [0.3, 0.4) is 0 Å². The lowest BCUT2D eigenvalue weighted by atomic mass is 10.1. The van der Waals surface area contributed by atoms with Gasteiger partial charge in [0.2, 0.25) is 0 Å². The lowest BCUT2D eigenvalue weighted by molar-refractivity contribution is 0.414. The summed E-state index contributed by atoms with van der Waals surface area (Å²) >= 11 is 0. The molecule has 0 aromatic heterocycles. The maximum absolute atomic E-state index is 9.00. The second-order valence-electron chi connectivity index (χ2n) is 5.01. The SMILES string of the molecule is COc1ccc(N2CCC(C)NCC2CC#N)cc1. The van der Waals surface area contributed by atoms with Gasteiger partial charge in [-0.3, -0.25) is 0 Å². The molecule has 2 unspecified atom stereocenters. The van der Waals surface area contributed by atoms with Gasteiger partial charge >= 0.3 is 0 Å². The number of hydrogen-bond donors (Lipinski definition) is 1. The van der Waals surface area contributed by atoms with E-state index in [2.05, 4.69) is 35.3 Å². The number of nitriles is 1. The highest BCUT2D eigenvalue weighted by Gasteiger charge is 2.23. The van der Waals surface area contributed by atoms with E-state index >= 15 is 0 Å². The Bertz CT molecular complexity index is 438. The Morgan fingerprint density at radius 2 is 2.16 bits per heavy atom. The first-order valence-corrected chi connectivity index (χ1v) is 6.75. The molecule has 0 radical (unpaired) electrons. The van der Waals surface area contributed by atoms with Gasteiger partial charge in [-0.05, 0) is 37.6 Å². The number of hydrogen-bond acceptors (Lipinski definition) is 4. The molecule has 0 bridgehead atoms. The summed E-state index contributed by atoms with van der Waals surface area (Å²) in [6.45, 7) is 4.04. The van der Waals surface area contributed by atoms with Gasteiger partial charge in [0.15, 0.2) is 0 Å². The van der Waals surface area contributed by atoms with Crippen LogP contribution in [0.2, 0.25) is 0 Å². The quantitative estimate of drug-likeness (QED) is 0.903. The number of ether oxygens (including phenoxy) is 1. The molecule has 102 valence electrons. The fourth-order valence-corrected chi connectivity index (χ4v) is 2.47. The summed E-state index contributed by atoms with van der Waals surface area (Å²) in [5, 5.41) is 12.5. The van der Waals surface area contributed by atoms with E-state index in [-0.39, 0.29) is 6.04 Å². The van der Waals surface area contributed by atoms with Crippen molar-refractivity contribution in [1.29, 1.82) is 5.26 Å². The first kappa shape index (κ1) is 13.7. The van der Waals surface area contributed by atoms with Crippen LogP contribution in [-0.2, 0) is 0 Å². The van der Waals surface area contributed by atoms with Crippen molar-refractivity contribution in [3.63, 3.8) is 0 Å². The molecule has 1 aromatic rings. The van der Waals surface area contributed by atoms with Crippen LogP contribution < -0.4 is 15.0 Å². The summed E-state index contributed by atoms with van der Waals surface area (Å²) in [6, 6.07) is 11.1. The van der Waals surface area contributed by atoms with Gasteiger partial charge in [-0.1, -0.05) is 0 Å². The maximum Gasteiger partial charge on any atom is 0.119 e. The minimum Gasteiger partial charge on any atom is -0.497 e. The second kappa shape index (κ2) is 6.44. The molecule has 1 N–H and O–H groups in total. The number of nitrogens with one attached hydrogen (secondary N) is 1. The van der Waals surface area contributed by atoms with Crippen molar-refractivity contribution in [3.05, 3.63) is 24.3 Å². The van der Waals surface area contributed by atoms with E-state index < -0.39 is 0 Å². The Morgan fingerprint density at radius 3 is 2.79 bits per heavy atom. The zero-order chi connectivity index (χ0) is 13.7. The molecule has 0 amide bonds. The van der Waals surface area contributed by atoms with Crippen molar-refractivity contribution < 1.29 is 4.74 Å². The van der Waals surface area contributed by atoms with Crippen LogP contribution in [0.25, 0.3) is 0 Å². The molecular weight excluding hydrogens is 238 g/mol. The minimum atomic E-state index is 0.239. The van der Waals surface area contributed by atoms with Crippen molar-refractivity contribution in [1.82, 2.24) is 5.32 Å². The number of benzene rings is 1. The van der Waals surface area contributed by atoms with Crippen LogP contribution in [0.1, 0.15) is 19.8 Å². The first-order chi connectivity index (χ1) is 9.24. The predicted molar refractivity (Wildman–Crippen MR) is 76.4 cm³/mol. The van der Waals surface area contributed by atoms with E-state index in [1.165, 1.54) is 0 Å². The van der Waals surface area contributed by atoms with Crippen molar-refractivity contribution in [2.75, 3.05) is 25.1 Å². The van der Waals surface area contributed by atoms with Gasteiger partial charge in [0.1, 0.15) is 5.75 Å². The molecule has 0 saturated carbocycles. The number of anilines is 1. The van der Waals surface area contributed by atoms with Gasteiger partial charge in [0.05, 0.1) is 25.6 Å². The Kier molecular flexibility index (Phi) is 4.64. The van der Waals surface area contributed by atoms with Gasteiger partial charge in [-0.25, -0.2) is 0 Å². The molecule has 2 rings (SSSR count). The third-order valence-electron chi connectivity index (χ3n) is 3.68. The van der Waals surface area contributed by atoms with Crippen LogP contribution in [0.5, 0.6) is 5.75 Å². The topological polar surface area (TPSA) is 48.3 Å². The van der Waals surface area contributed by atoms with Gasteiger partial charge in [0.25, 0.3) is 0 Å². The van der Waals surface area contributed by atoms with E-state index in [1.807, 2.05) is 12.1 Å². The van der Waals surface area contributed by atoms with Crippen LogP contribution in [0.15, 0.2) is 24.3 Å². The fourth-order valence-electron chi connectivity index (χ4n) is 2.47. The molecule has 1 aromatic carbocycles. The van der Waals surface area contributed by atoms with E-state index in [0.717, 1.165) is 30.9 Å². The molecule has 1 aliphatic rings. The van der Waals surface area contributed by atoms with Crippen LogP contribution >= 0.6 is 0 Å². The maximum atomic E-state index is 9.00. The second-order valence-corrected chi connectivity index (χ2v) is 5.01. The van der Waals surface area contributed by atoms with Crippen LogP contribution in [-0.4, -0.2) is 32.3 Å². The Hall–Kier alpha value is -1.73. The smallest absolute Gasteiger partial charge is 0.119 e. The standard InChI is InChI=1S/C15H21N3O/c1-12-8-10-18(14(7-9-16)11-17-12)13-3-5-15(19-2)6-4-13/h3-6,12,14,17H,7-8,10-11H2,1-2H3. The molecule has 1 fully saturated rings. The molecule has 1 aliphatic heterocycles. The molecule has 2 atom stereocenters. The van der Waals surface area contributed by atoms with Crippen molar-refractivity contribution >= 4 is 5.69 Å².